The molecule has 7 heteroatoms. The molecule has 1 amide bonds. The van der Waals surface area contributed by atoms with E-state index in [4.69, 9.17) is 9.47 Å². The molecule has 3 rings (SSSR count). The van der Waals surface area contributed by atoms with Crippen LogP contribution in [0.3, 0.4) is 0 Å². The number of nitrogens with zero attached hydrogens (tertiary/aromatic N) is 2. The first-order valence-electron chi connectivity index (χ1n) is 10.8. The minimum absolute atomic E-state index is 0.0581. The number of nitrogens with one attached hydrogen (secondary N) is 1. The normalized spacial score (nSPS) is 12.0. The molecule has 0 fully saturated rings. The standard InChI is InChI=1S/C25H30FN3O3/c1-6-18(14-16(2)3)27-25(30)20-15-21(24-22(31-4)8-7-9-23(24)32-5)29(28-20)19-12-10-17(26)11-13-19/h7-13,15-16,18H,6,14H2,1-5H3,(H,27,30). The minimum Gasteiger partial charge on any atom is -0.496 e. The molecule has 32 heavy (non-hydrogen) atoms. The summed E-state index contributed by atoms with van der Waals surface area (Å²) in [7, 11) is 3.14. The Balaban J connectivity index is 2.12. The van der Waals surface area contributed by atoms with Gasteiger partial charge in [0.2, 0.25) is 0 Å². The van der Waals surface area contributed by atoms with Crippen molar-refractivity contribution >= 4 is 5.91 Å². The van der Waals surface area contributed by atoms with Gasteiger partial charge in [-0.15, -0.1) is 0 Å². The number of benzene rings is 2. The van der Waals surface area contributed by atoms with Crippen molar-refractivity contribution in [3.8, 4) is 28.4 Å². The van der Waals surface area contributed by atoms with Crippen molar-refractivity contribution in [3.05, 3.63) is 60.0 Å². The molecule has 0 aliphatic heterocycles. The van der Waals surface area contributed by atoms with E-state index in [0.29, 0.717) is 34.4 Å². The summed E-state index contributed by atoms with van der Waals surface area (Å²) in [6.07, 6.45) is 1.71. The fourth-order valence-corrected chi connectivity index (χ4v) is 3.71. The predicted octanol–water partition coefficient (Wildman–Crippen LogP) is 5.25. The van der Waals surface area contributed by atoms with Crippen LogP contribution in [0.25, 0.3) is 16.9 Å². The molecule has 1 atom stereocenters. The molecule has 0 saturated heterocycles. The first-order chi connectivity index (χ1) is 15.4. The second-order valence-corrected chi connectivity index (χ2v) is 8.05. The van der Waals surface area contributed by atoms with Gasteiger partial charge in [-0.2, -0.15) is 5.10 Å². The van der Waals surface area contributed by atoms with Crippen molar-refractivity contribution in [2.45, 2.75) is 39.7 Å². The van der Waals surface area contributed by atoms with Gasteiger partial charge in [-0.1, -0.05) is 26.8 Å². The maximum Gasteiger partial charge on any atom is 0.272 e. The average molecular weight is 440 g/mol. The van der Waals surface area contributed by atoms with Crippen molar-refractivity contribution in [1.29, 1.82) is 0 Å². The van der Waals surface area contributed by atoms with Crippen molar-refractivity contribution in [2.75, 3.05) is 14.2 Å². The van der Waals surface area contributed by atoms with Gasteiger partial charge in [0.1, 0.15) is 17.3 Å². The molecule has 1 heterocycles. The Morgan fingerprint density at radius 3 is 2.25 bits per heavy atom. The number of halogens is 1. The van der Waals surface area contributed by atoms with E-state index in [1.165, 1.54) is 12.1 Å². The van der Waals surface area contributed by atoms with Gasteiger partial charge in [0, 0.05) is 6.04 Å². The van der Waals surface area contributed by atoms with Crippen LogP contribution in [0.1, 0.15) is 44.1 Å². The molecule has 0 spiro atoms. The highest BCUT2D eigenvalue weighted by Crippen LogP contribution is 2.39. The van der Waals surface area contributed by atoms with Crippen LogP contribution in [0, 0.1) is 11.7 Å². The molecule has 2 aromatic carbocycles. The van der Waals surface area contributed by atoms with Crippen LogP contribution in [0.15, 0.2) is 48.5 Å². The van der Waals surface area contributed by atoms with Crippen LogP contribution in [-0.4, -0.2) is 35.9 Å². The molecule has 1 N–H and O–H groups in total. The minimum atomic E-state index is -0.352. The number of amides is 1. The number of carbonyl (C=O) groups excluding carboxylic acids is 1. The Bertz CT molecular complexity index is 1040. The summed E-state index contributed by atoms with van der Waals surface area (Å²) in [5, 5.41) is 7.66. The van der Waals surface area contributed by atoms with E-state index < -0.39 is 0 Å². The summed E-state index contributed by atoms with van der Waals surface area (Å²) in [5.74, 6) is 1.00. The van der Waals surface area contributed by atoms with Gasteiger partial charge in [0.15, 0.2) is 5.69 Å². The van der Waals surface area contributed by atoms with Crippen LogP contribution >= 0.6 is 0 Å². The SMILES string of the molecule is CCC(CC(C)C)NC(=O)c1cc(-c2c(OC)cccc2OC)n(-c2ccc(F)cc2)n1. The molecule has 0 aliphatic rings. The van der Waals surface area contributed by atoms with Crippen LogP contribution in [0.4, 0.5) is 4.39 Å². The lowest BCUT2D eigenvalue weighted by Crippen LogP contribution is -2.35. The van der Waals surface area contributed by atoms with E-state index >= 15 is 0 Å². The molecule has 6 nitrogen and oxygen atoms in total. The second kappa shape index (κ2) is 10.3. The highest BCUT2D eigenvalue weighted by atomic mass is 19.1. The van der Waals surface area contributed by atoms with E-state index in [1.807, 2.05) is 18.2 Å². The molecule has 0 bridgehead atoms. The Morgan fingerprint density at radius 2 is 1.72 bits per heavy atom. The zero-order chi connectivity index (χ0) is 23.3. The zero-order valence-corrected chi connectivity index (χ0v) is 19.2. The first kappa shape index (κ1) is 23.3. The predicted molar refractivity (Wildman–Crippen MR) is 123 cm³/mol. The summed E-state index contributed by atoms with van der Waals surface area (Å²) in [4.78, 5) is 13.1. The number of carbonyl (C=O) groups is 1. The molecule has 3 aromatic rings. The smallest absolute Gasteiger partial charge is 0.272 e. The maximum absolute atomic E-state index is 13.5. The lowest BCUT2D eigenvalue weighted by molar-refractivity contribution is 0.0925. The second-order valence-electron chi connectivity index (χ2n) is 8.05. The third-order valence-corrected chi connectivity index (χ3v) is 5.28. The summed E-state index contributed by atoms with van der Waals surface area (Å²) < 4.78 is 26.3. The Hall–Kier alpha value is -3.35. The molecule has 1 unspecified atom stereocenters. The number of methoxy groups -OCH3 is 2. The van der Waals surface area contributed by atoms with E-state index in [0.717, 1.165) is 12.8 Å². The van der Waals surface area contributed by atoms with Gasteiger partial charge >= 0.3 is 0 Å². The lowest BCUT2D eigenvalue weighted by atomic mass is 10.0. The van der Waals surface area contributed by atoms with E-state index in [9.17, 15) is 9.18 Å². The monoisotopic (exact) mass is 439 g/mol. The van der Waals surface area contributed by atoms with Gasteiger partial charge in [-0.25, -0.2) is 9.07 Å². The summed E-state index contributed by atoms with van der Waals surface area (Å²) in [6, 6.07) is 13.2. The Morgan fingerprint density at radius 1 is 1.09 bits per heavy atom. The number of hydrogen-bond donors (Lipinski definition) is 1. The third kappa shape index (κ3) is 5.10. The third-order valence-electron chi connectivity index (χ3n) is 5.28. The summed E-state index contributed by atoms with van der Waals surface area (Å²) >= 11 is 0. The zero-order valence-electron chi connectivity index (χ0n) is 19.2. The first-order valence-corrected chi connectivity index (χ1v) is 10.8. The number of rotatable bonds is 9. The maximum atomic E-state index is 13.5. The molecule has 0 saturated carbocycles. The average Bonchev–Trinajstić information content (AvgIpc) is 3.23. The van der Waals surface area contributed by atoms with Crippen molar-refractivity contribution in [3.63, 3.8) is 0 Å². The van der Waals surface area contributed by atoms with Crippen LogP contribution < -0.4 is 14.8 Å². The largest absolute Gasteiger partial charge is 0.496 e. The molecule has 1 aromatic heterocycles. The number of hydrogen-bond acceptors (Lipinski definition) is 4. The fraction of sp³-hybridized carbons (Fsp3) is 0.360. The van der Waals surface area contributed by atoms with E-state index in [-0.39, 0.29) is 23.5 Å². The topological polar surface area (TPSA) is 65.4 Å². The van der Waals surface area contributed by atoms with Gasteiger partial charge in [0.05, 0.1) is 31.2 Å². The van der Waals surface area contributed by atoms with E-state index in [2.05, 4.69) is 31.2 Å². The molecule has 170 valence electrons. The number of ether oxygens (including phenoxy) is 2. The van der Waals surface area contributed by atoms with Crippen LogP contribution in [0.5, 0.6) is 11.5 Å². The summed E-state index contributed by atoms with van der Waals surface area (Å²) in [5.41, 5.74) is 2.14. The molecular formula is C25H30FN3O3. The van der Waals surface area contributed by atoms with Crippen molar-refractivity contribution in [1.82, 2.24) is 15.1 Å². The molecular weight excluding hydrogens is 409 g/mol. The summed E-state index contributed by atoms with van der Waals surface area (Å²) in [6.45, 7) is 6.31. The van der Waals surface area contributed by atoms with Gasteiger partial charge in [-0.3, -0.25) is 4.79 Å². The quantitative estimate of drug-likeness (QED) is 0.495. The van der Waals surface area contributed by atoms with Gasteiger partial charge in [-0.05, 0) is 61.2 Å². The number of aromatic nitrogens is 2. The van der Waals surface area contributed by atoms with Gasteiger partial charge < -0.3 is 14.8 Å². The Kier molecular flexibility index (Phi) is 7.51. The Labute approximate surface area is 188 Å². The van der Waals surface area contributed by atoms with Crippen LogP contribution in [0.2, 0.25) is 0 Å². The van der Waals surface area contributed by atoms with Crippen molar-refractivity contribution < 1.29 is 18.7 Å². The van der Waals surface area contributed by atoms with Crippen molar-refractivity contribution in [2.24, 2.45) is 5.92 Å². The highest BCUT2D eigenvalue weighted by molar-refractivity contribution is 5.94. The highest BCUT2D eigenvalue weighted by Gasteiger charge is 2.23. The van der Waals surface area contributed by atoms with E-state index in [1.54, 1.807) is 37.1 Å². The van der Waals surface area contributed by atoms with Gasteiger partial charge in [0.25, 0.3) is 5.91 Å². The van der Waals surface area contributed by atoms with Crippen LogP contribution in [-0.2, 0) is 0 Å². The molecule has 0 aliphatic carbocycles. The molecule has 0 radical (unpaired) electrons. The lowest BCUT2D eigenvalue weighted by Gasteiger charge is -2.18. The fourth-order valence-electron chi connectivity index (χ4n) is 3.71.